The van der Waals surface area contributed by atoms with Crippen LogP contribution < -0.4 is 0 Å². The first-order chi connectivity index (χ1) is 8.74. The summed E-state index contributed by atoms with van der Waals surface area (Å²) in [6.45, 7) is 8.69. The van der Waals surface area contributed by atoms with E-state index >= 15 is 0 Å². The van der Waals surface area contributed by atoms with Crippen LogP contribution in [0.3, 0.4) is 0 Å². The Morgan fingerprint density at radius 2 is 1.89 bits per heavy atom. The van der Waals surface area contributed by atoms with E-state index in [1.54, 1.807) is 7.11 Å². The Balaban J connectivity index is 0. The van der Waals surface area contributed by atoms with Crippen LogP contribution >= 0.6 is 15.9 Å². The predicted molar refractivity (Wildman–Crippen MR) is 82.6 cm³/mol. The summed E-state index contributed by atoms with van der Waals surface area (Å²) in [6.07, 6.45) is 1.57. The van der Waals surface area contributed by atoms with Gasteiger partial charge in [-0.25, -0.2) is 4.98 Å². The maximum absolute atomic E-state index is 7.77. The molecule has 18 heavy (non-hydrogen) atoms. The molecule has 1 aromatic rings. The van der Waals surface area contributed by atoms with Gasteiger partial charge in [0, 0.05) is 13.7 Å². The molecule has 1 heterocycles. The van der Waals surface area contributed by atoms with E-state index in [1.165, 1.54) is 0 Å². The van der Waals surface area contributed by atoms with Crippen LogP contribution in [0.1, 0.15) is 46.2 Å². The first-order valence-corrected chi connectivity index (χ1v) is 7.22. The van der Waals surface area contributed by atoms with Crippen LogP contribution in [-0.4, -0.2) is 24.4 Å². The van der Waals surface area contributed by atoms with Gasteiger partial charge in [-0.15, -0.1) is 0 Å². The Morgan fingerprint density at radius 1 is 1.28 bits per heavy atom. The number of halogens is 1. The highest BCUT2D eigenvalue weighted by atomic mass is 79.9. The molecule has 1 aromatic heterocycles. The van der Waals surface area contributed by atoms with Crippen molar-refractivity contribution in [2.45, 2.75) is 40.5 Å². The molecule has 4 heteroatoms. The molecule has 0 radical (unpaired) electrons. The normalized spacial score (nSPS) is 8.56. The van der Waals surface area contributed by atoms with Crippen LogP contribution in [0.2, 0.25) is 0 Å². The maximum Gasteiger partial charge on any atom is 0.106 e. The van der Waals surface area contributed by atoms with E-state index in [0.717, 1.165) is 16.7 Å². The molecule has 0 amide bonds. The van der Waals surface area contributed by atoms with E-state index in [0.29, 0.717) is 18.7 Å². The molecule has 1 rings (SSSR count). The van der Waals surface area contributed by atoms with Gasteiger partial charge in [0.1, 0.15) is 4.60 Å². The molecule has 0 saturated carbocycles. The van der Waals surface area contributed by atoms with Gasteiger partial charge < -0.3 is 10.1 Å². The second-order valence-electron chi connectivity index (χ2n) is 2.92. The average molecular weight is 317 g/mol. The Labute approximate surface area is 120 Å². The van der Waals surface area contributed by atoms with Gasteiger partial charge in [0.15, 0.2) is 0 Å². The van der Waals surface area contributed by atoms with Crippen molar-refractivity contribution in [3.05, 3.63) is 28.5 Å². The summed E-state index contributed by atoms with van der Waals surface area (Å²) in [5.74, 6) is 0. The minimum absolute atomic E-state index is 0.559. The van der Waals surface area contributed by atoms with Crippen LogP contribution in [0, 0.1) is 5.41 Å². The van der Waals surface area contributed by atoms with Crippen molar-refractivity contribution in [2.75, 3.05) is 13.7 Å². The zero-order valence-corrected chi connectivity index (χ0v) is 13.7. The van der Waals surface area contributed by atoms with Crippen molar-refractivity contribution in [1.82, 2.24) is 4.98 Å². The molecule has 0 spiro atoms. The number of nitrogens with one attached hydrogen (secondary N) is 1. The van der Waals surface area contributed by atoms with Crippen LogP contribution in [0.5, 0.6) is 0 Å². The molecule has 3 nitrogen and oxygen atoms in total. The topological polar surface area (TPSA) is 46.0 Å². The molecule has 0 atom stereocenters. The average Bonchev–Trinajstić information content (AvgIpc) is 2.43. The SMILES string of the molecule is CC.CC.COCCCC(=N)c1cccc(Br)n1. The largest absolute Gasteiger partial charge is 0.385 e. The van der Waals surface area contributed by atoms with Gasteiger partial charge in [-0.3, -0.25) is 0 Å². The van der Waals surface area contributed by atoms with Crippen molar-refractivity contribution in [3.63, 3.8) is 0 Å². The molecule has 0 aliphatic heterocycles. The summed E-state index contributed by atoms with van der Waals surface area (Å²) in [6, 6.07) is 5.59. The van der Waals surface area contributed by atoms with Gasteiger partial charge in [0.25, 0.3) is 0 Å². The highest BCUT2D eigenvalue weighted by molar-refractivity contribution is 9.10. The number of aromatic nitrogens is 1. The van der Waals surface area contributed by atoms with Crippen LogP contribution in [0.25, 0.3) is 0 Å². The third-order valence-corrected chi connectivity index (χ3v) is 2.24. The van der Waals surface area contributed by atoms with E-state index in [1.807, 2.05) is 45.9 Å². The smallest absolute Gasteiger partial charge is 0.106 e. The molecule has 0 saturated heterocycles. The highest BCUT2D eigenvalue weighted by Gasteiger charge is 2.02. The number of pyridine rings is 1. The molecule has 0 unspecified atom stereocenters. The number of hydrogen-bond donors (Lipinski definition) is 1. The zero-order valence-electron chi connectivity index (χ0n) is 12.1. The summed E-state index contributed by atoms with van der Waals surface area (Å²) in [4.78, 5) is 4.20. The molecule has 0 fully saturated rings. The maximum atomic E-state index is 7.77. The summed E-state index contributed by atoms with van der Waals surface area (Å²) in [7, 11) is 1.67. The van der Waals surface area contributed by atoms with Crippen molar-refractivity contribution >= 4 is 21.6 Å². The predicted octanol–water partition coefficient (Wildman–Crippen LogP) is 4.69. The lowest BCUT2D eigenvalue weighted by atomic mass is 10.1. The fraction of sp³-hybridized carbons (Fsp3) is 0.571. The minimum atomic E-state index is 0.559. The van der Waals surface area contributed by atoms with Gasteiger partial charge in [0.05, 0.1) is 11.4 Å². The summed E-state index contributed by atoms with van der Waals surface area (Å²) in [5, 5.41) is 7.77. The van der Waals surface area contributed by atoms with E-state index < -0.39 is 0 Å². The zero-order chi connectivity index (χ0) is 14.4. The number of nitrogens with zero attached hydrogens (tertiary/aromatic N) is 1. The summed E-state index contributed by atoms with van der Waals surface area (Å²) >= 11 is 3.28. The van der Waals surface area contributed by atoms with Gasteiger partial charge in [-0.1, -0.05) is 33.8 Å². The molecule has 0 bridgehead atoms. The van der Waals surface area contributed by atoms with E-state index in [-0.39, 0.29) is 0 Å². The molecule has 0 aromatic carbocycles. The monoisotopic (exact) mass is 316 g/mol. The Morgan fingerprint density at radius 3 is 2.39 bits per heavy atom. The van der Waals surface area contributed by atoms with E-state index in [4.69, 9.17) is 10.1 Å². The Kier molecular flexibility index (Phi) is 15.6. The van der Waals surface area contributed by atoms with Gasteiger partial charge in [0.2, 0.25) is 0 Å². The Hall–Kier alpha value is -0.740. The molecular weight excluding hydrogens is 292 g/mol. The number of methoxy groups -OCH3 is 1. The second-order valence-corrected chi connectivity index (χ2v) is 3.73. The molecular formula is C14H25BrN2O. The molecule has 0 aliphatic carbocycles. The molecule has 0 aliphatic rings. The minimum Gasteiger partial charge on any atom is -0.385 e. The number of ether oxygens (including phenoxy) is 1. The molecule has 1 N–H and O–H groups in total. The van der Waals surface area contributed by atoms with Crippen molar-refractivity contribution in [2.24, 2.45) is 0 Å². The summed E-state index contributed by atoms with van der Waals surface area (Å²) < 4.78 is 5.70. The van der Waals surface area contributed by atoms with Crippen molar-refractivity contribution in [1.29, 1.82) is 5.41 Å². The summed E-state index contributed by atoms with van der Waals surface area (Å²) in [5.41, 5.74) is 1.29. The van der Waals surface area contributed by atoms with Crippen LogP contribution in [0.4, 0.5) is 0 Å². The number of hydrogen-bond acceptors (Lipinski definition) is 3. The van der Waals surface area contributed by atoms with E-state index in [2.05, 4.69) is 20.9 Å². The second kappa shape index (κ2) is 14.3. The fourth-order valence-corrected chi connectivity index (χ4v) is 1.44. The quantitative estimate of drug-likeness (QED) is 0.486. The lowest BCUT2D eigenvalue weighted by Gasteiger charge is -2.03. The van der Waals surface area contributed by atoms with Crippen LogP contribution in [-0.2, 0) is 4.74 Å². The fourth-order valence-electron chi connectivity index (χ4n) is 1.10. The van der Waals surface area contributed by atoms with Crippen molar-refractivity contribution in [3.8, 4) is 0 Å². The van der Waals surface area contributed by atoms with Crippen molar-refractivity contribution < 1.29 is 4.74 Å². The third-order valence-electron chi connectivity index (χ3n) is 1.80. The van der Waals surface area contributed by atoms with Gasteiger partial charge >= 0.3 is 0 Å². The molecule has 104 valence electrons. The Bertz CT molecular complexity index is 316. The van der Waals surface area contributed by atoms with Crippen LogP contribution in [0.15, 0.2) is 22.8 Å². The lowest BCUT2D eigenvalue weighted by molar-refractivity contribution is 0.196. The first kappa shape index (κ1) is 19.6. The van der Waals surface area contributed by atoms with Gasteiger partial charge in [-0.05, 0) is 40.9 Å². The third kappa shape index (κ3) is 9.31. The standard InChI is InChI=1S/C10H13BrN2O.2C2H6/c1-14-7-3-4-8(12)9-5-2-6-10(11)13-9;2*1-2/h2,5-6,12H,3-4,7H2,1H3;2*1-2H3. The first-order valence-electron chi connectivity index (χ1n) is 6.43. The lowest BCUT2D eigenvalue weighted by Crippen LogP contribution is -2.03. The van der Waals surface area contributed by atoms with E-state index in [9.17, 15) is 0 Å². The highest BCUT2D eigenvalue weighted by Crippen LogP contribution is 2.08. The van der Waals surface area contributed by atoms with Gasteiger partial charge in [-0.2, -0.15) is 0 Å². The number of rotatable bonds is 5.